The standard InChI is InChI=1S/C30H34FN3O5/c1-28(2)18-33(27(36)30(37)10-14-38-15-11-30)12-13-34(28)26(35)24-17-23-25(39-24)21(29(3)8-9-29)16-22(32-23)19-4-6-20(31)7-5-19/h4-7,16-17,37H,8-15,18H2,1-3H3. The molecule has 1 aliphatic carbocycles. The van der Waals surface area contributed by atoms with Gasteiger partial charge in [0, 0.05) is 62.9 Å². The molecule has 2 aromatic heterocycles. The van der Waals surface area contributed by atoms with Gasteiger partial charge < -0.3 is 24.1 Å². The first kappa shape index (κ1) is 26.0. The molecular weight excluding hydrogens is 501 g/mol. The molecule has 4 heterocycles. The quantitative estimate of drug-likeness (QED) is 0.536. The Morgan fingerprint density at radius 1 is 1.00 bits per heavy atom. The van der Waals surface area contributed by atoms with E-state index < -0.39 is 11.1 Å². The molecule has 1 aromatic carbocycles. The van der Waals surface area contributed by atoms with E-state index in [4.69, 9.17) is 14.1 Å². The molecule has 2 amide bonds. The van der Waals surface area contributed by atoms with Gasteiger partial charge in [0.1, 0.15) is 16.9 Å². The van der Waals surface area contributed by atoms with Gasteiger partial charge in [-0.3, -0.25) is 9.59 Å². The van der Waals surface area contributed by atoms with E-state index in [0.717, 1.165) is 24.0 Å². The van der Waals surface area contributed by atoms with E-state index in [9.17, 15) is 19.1 Å². The van der Waals surface area contributed by atoms with Crippen LogP contribution in [0.5, 0.6) is 0 Å². The molecule has 0 bridgehead atoms. The normalized spacial score (nSPS) is 21.7. The second-order valence-electron chi connectivity index (χ2n) is 12.1. The average Bonchev–Trinajstić information content (AvgIpc) is 3.51. The van der Waals surface area contributed by atoms with Crippen molar-refractivity contribution in [2.45, 2.75) is 63.0 Å². The molecule has 2 saturated heterocycles. The van der Waals surface area contributed by atoms with Crippen molar-refractivity contribution in [3.05, 3.63) is 53.5 Å². The molecule has 6 rings (SSSR count). The predicted molar refractivity (Wildman–Crippen MR) is 143 cm³/mol. The van der Waals surface area contributed by atoms with E-state index in [1.165, 1.54) is 12.1 Å². The Bertz CT molecular complexity index is 1440. The third-order valence-corrected chi connectivity index (χ3v) is 8.63. The SMILES string of the molecule is CC1(c2cc(-c3ccc(F)cc3)nc3cc(C(=O)N4CCN(C(=O)C5(O)CCOCC5)CC4(C)C)oc23)CC1. The number of ether oxygens (including phenoxy) is 1. The molecule has 3 aliphatic rings. The molecule has 0 spiro atoms. The monoisotopic (exact) mass is 535 g/mol. The molecule has 2 aliphatic heterocycles. The van der Waals surface area contributed by atoms with Crippen LogP contribution < -0.4 is 0 Å². The largest absolute Gasteiger partial charge is 0.449 e. The predicted octanol–water partition coefficient (Wildman–Crippen LogP) is 4.29. The lowest BCUT2D eigenvalue weighted by atomic mass is 9.90. The number of piperazine rings is 1. The van der Waals surface area contributed by atoms with Crippen LogP contribution in [0.25, 0.3) is 22.4 Å². The Hall–Kier alpha value is -3.30. The molecule has 1 saturated carbocycles. The zero-order valence-corrected chi connectivity index (χ0v) is 22.6. The van der Waals surface area contributed by atoms with Crippen molar-refractivity contribution in [1.29, 1.82) is 0 Å². The van der Waals surface area contributed by atoms with Gasteiger partial charge in [0.25, 0.3) is 11.8 Å². The highest BCUT2D eigenvalue weighted by Crippen LogP contribution is 2.50. The number of aliphatic hydroxyl groups is 1. The zero-order valence-electron chi connectivity index (χ0n) is 22.6. The summed E-state index contributed by atoms with van der Waals surface area (Å²) >= 11 is 0. The van der Waals surface area contributed by atoms with Crippen molar-refractivity contribution >= 4 is 22.9 Å². The summed E-state index contributed by atoms with van der Waals surface area (Å²) in [7, 11) is 0. The molecule has 1 N–H and O–H groups in total. The van der Waals surface area contributed by atoms with Crippen LogP contribution in [0.15, 0.2) is 40.8 Å². The molecule has 3 aromatic rings. The van der Waals surface area contributed by atoms with Crippen LogP contribution in [0.4, 0.5) is 4.39 Å². The minimum atomic E-state index is -1.41. The summed E-state index contributed by atoms with van der Waals surface area (Å²) in [5.74, 6) is -0.661. The number of carbonyl (C=O) groups excluding carboxylic acids is 2. The number of carbonyl (C=O) groups is 2. The minimum Gasteiger partial charge on any atom is -0.449 e. The first-order chi connectivity index (χ1) is 18.5. The van der Waals surface area contributed by atoms with Crippen molar-refractivity contribution in [3.63, 3.8) is 0 Å². The Labute approximate surface area is 226 Å². The van der Waals surface area contributed by atoms with E-state index in [-0.39, 0.29) is 41.6 Å². The highest BCUT2D eigenvalue weighted by Gasteiger charge is 2.46. The Kier molecular flexibility index (Phi) is 6.07. The smallest absolute Gasteiger partial charge is 0.290 e. The van der Waals surface area contributed by atoms with E-state index in [1.54, 1.807) is 28.0 Å². The maximum atomic E-state index is 13.8. The van der Waals surface area contributed by atoms with Crippen LogP contribution in [0.3, 0.4) is 0 Å². The summed E-state index contributed by atoms with van der Waals surface area (Å²) in [5.41, 5.74) is 1.57. The Morgan fingerprint density at radius 2 is 1.69 bits per heavy atom. The number of furan rings is 1. The number of benzene rings is 1. The lowest BCUT2D eigenvalue weighted by Gasteiger charge is -2.48. The molecule has 39 heavy (non-hydrogen) atoms. The summed E-state index contributed by atoms with van der Waals surface area (Å²) in [4.78, 5) is 35.2. The fourth-order valence-corrected chi connectivity index (χ4v) is 5.86. The number of halogens is 1. The fourth-order valence-electron chi connectivity index (χ4n) is 5.86. The van der Waals surface area contributed by atoms with Crippen LogP contribution in [0.1, 0.15) is 62.6 Å². The maximum absolute atomic E-state index is 13.8. The van der Waals surface area contributed by atoms with Crippen molar-refractivity contribution in [2.24, 2.45) is 0 Å². The summed E-state index contributed by atoms with van der Waals surface area (Å²) in [6.07, 6.45) is 2.58. The number of nitrogens with zero attached hydrogens (tertiary/aromatic N) is 3. The molecule has 0 radical (unpaired) electrons. The van der Waals surface area contributed by atoms with E-state index >= 15 is 0 Å². The zero-order chi connectivity index (χ0) is 27.6. The molecule has 206 valence electrons. The van der Waals surface area contributed by atoms with Crippen molar-refractivity contribution in [1.82, 2.24) is 14.8 Å². The van der Waals surface area contributed by atoms with Crippen molar-refractivity contribution in [3.8, 4) is 11.3 Å². The summed E-state index contributed by atoms with van der Waals surface area (Å²) in [6.45, 7) is 7.67. The molecule has 0 unspecified atom stereocenters. The minimum absolute atomic E-state index is 0.0518. The topological polar surface area (TPSA) is 96.1 Å². The van der Waals surface area contributed by atoms with E-state index in [2.05, 4.69) is 6.92 Å². The van der Waals surface area contributed by atoms with Gasteiger partial charge in [-0.05, 0) is 62.4 Å². The first-order valence-electron chi connectivity index (χ1n) is 13.6. The van der Waals surface area contributed by atoms with Crippen molar-refractivity contribution < 1.29 is 28.2 Å². The van der Waals surface area contributed by atoms with Gasteiger partial charge in [0.15, 0.2) is 11.3 Å². The summed E-state index contributed by atoms with van der Waals surface area (Å²) < 4.78 is 25.1. The van der Waals surface area contributed by atoms with Gasteiger partial charge in [0.05, 0.1) is 11.2 Å². The third kappa shape index (κ3) is 4.61. The highest BCUT2D eigenvalue weighted by molar-refractivity contribution is 5.97. The second-order valence-corrected chi connectivity index (χ2v) is 12.1. The van der Waals surface area contributed by atoms with Gasteiger partial charge in [-0.2, -0.15) is 0 Å². The van der Waals surface area contributed by atoms with Crippen LogP contribution in [0.2, 0.25) is 0 Å². The maximum Gasteiger partial charge on any atom is 0.290 e. The Balaban J connectivity index is 1.28. The summed E-state index contributed by atoms with van der Waals surface area (Å²) in [6, 6.07) is 9.92. The average molecular weight is 536 g/mol. The van der Waals surface area contributed by atoms with Crippen LogP contribution in [-0.4, -0.2) is 75.7 Å². The third-order valence-electron chi connectivity index (χ3n) is 8.63. The van der Waals surface area contributed by atoms with Crippen LogP contribution in [0, 0.1) is 5.82 Å². The number of rotatable bonds is 4. The Morgan fingerprint density at radius 3 is 2.33 bits per heavy atom. The second kappa shape index (κ2) is 9.13. The summed E-state index contributed by atoms with van der Waals surface area (Å²) in [5, 5.41) is 10.9. The fraction of sp³-hybridized carbons (Fsp3) is 0.500. The molecular formula is C30H34FN3O5. The number of hydrogen-bond donors (Lipinski definition) is 1. The van der Waals surface area contributed by atoms with E-state index in [0.29, 0.717) is 49.6 Å². The number of hydrogen-bond acceptors (Lipinski definition) is 6. The van der Waals surface area contributed by atoms with Crippen molar-refractivity contribution in [2.75, 3.05) is 32.8 Å². The highest BCUT2D eigenvalue weighted by atomic mass is 19.1. The van der Waals surface area contributed by atoms with E-state index in [1.807, 2.05) is 19.9 Å². The van der Waals surface area contributed by atoms with Gasteiger partial charge in [-0.15, -0.1) is 0 Å². The molecule has 0 atom stereocenters. The van der Waals surface area contributed by atoms with Gasteiger partial charge in [-0.25, -0.2) is 9.37 Å². The number of pyridine rings is 1. The number of fused-ring (bicyclic) bond motifs is 1. The van der Waals surface area contributed by atoms with Gasteiger partial charge >= 0.3 is 0 Å². The lowest BCUT2D eigenvalue weighted by Crippen LogP contribution is -2.65. The molecule has 8 nitrogen and oxygen atoms in total. The number of amides is 2. The molecule has 3 fully saturated rings. The number of aromatic nitrogens is 1. The van der Waals surface area contributed by atoms with Gasteiger partial charge in [-0.1, -0.05) is 6.92 Å². The lowest BCUT2D eigenvalue weighted by molar-refractivity contribution is -0.164. The first-order valence-corrected chi connectivity index (χ1v) is 13.6. The van der Waals surface area contributed by atoms with Crippen LogP contribution in [-0.2, 0) is 14.9 Å². The molecule has 9 heteroatoms. The van der Waals surface area contributed by atoms with Crippen LogP contribution >= 0.6 is 0 Å². The van der Waals surface area contributed by atoms with Gasteiger partial charge in [0.2, 0.25) is 0 Å².